The molecule has 2 heteroatoms. The molecule has 2 saturated carbocycles. The van der Waals surface area contributed by atoms with Gasteiger partial charge in [-0.2, -0.15) is 0 Å². The van der Waals surface area contributed by atoms with Crippen LogP contribution in [0.2, 0.25) is 0 Å². The molecule has 48 valence electrons. The molecule has 2 N–H and O–H groups in total. The van der Waals surface area contributed by atoms with Crippen molar-refractivity contribution in [2.24, 2.45) is 17.6 Å². The lowest BCUT2D eigenvalue weighted by atomic mass is 9.57. The van der Waals surface area contributed by atoms with E-state index in [0.29, 0.717) is 6.04 Å². The fourth-order valence-electron chi connectivity index (χ4n) is 1.78. The Morgan fingerprint density at radius 2 is 2.00 bits per heavy atom. The zero-order valence-electron chi connectivity index (χ0n) is 4.84. The Kier molecular flexibility index (Phi) is 1.50. The van der Waals surface area contributed by atoms with Crippen LogP contribution in [0.25, 0.3) is 0 Å². The van der Waals surface area contributed by atoms with E-state index in [2.05, 4.69) is 0 Å². The number of fused-ring (bicyclic) bond motifs is 1. The van der Waals surface area contributed by atoms with Crippen molar-refractivity contribution in [3.05, 3.63) is 0 Å². The SMILES string of the molecule is Cl.NC1CC2CCC12. The molecule has 2 fully saturated rings. The topological polar surface area (TPSA) is 26.0 Å². The monoisotopic (exact) mass is 133 g/mol. The van der Waals surface area contributed by atoms with Crippen molar-refractivity contribution < 1.29 is 0 Å². The summed E-state index contributed by atoms with van der Waals surface area (Å²) in [5.41, 5.74) is 5.66. The summed E-state index contributed by atoms with van der Waals surface area (Å²) in [4.78, 5) is 0. The van der Waals surface area contributed by atoms with E-state index in [4.69, 9.17) is 5.73 Å². The summed E-state index contributed by atoms with van der Waals surface area (Å²) in [5, 5.41) is 0. The van der Waals surface area contributed by atoms with Crippen LogP contribution in [0.5, 0.6) is 0 Å². The summed E-state index contributed by atoms with van der Waals surface area (Å²) in [7, 11) is 0. The minimum Gasteiger partial charge on any atom is -0.327 e. The standard InChI is InChI=1S/C6H11N.ClH/c7-6-3-4-1-2-5(4)6;/h4-6H,1-3,7H2;1H. The Morgan fingerprint density at radius 3 is 2.00 bits per heavy atom. The third-order valence-corrected chi connectivity index (χ3v) is 2.60. The van der Waals surface area contributed by atoms with Gasteiger partial charge in [-0.05, 0) is 31.1 Å². The highest BCUT2D eigenvalue weighted by atomic mass is 35.5. The van der Waals surface area contributed by atoms with Crippen molar-refractivity contribution in [3.8, 4) is 0 Å². The van der Waals surface area contributed by atoms with Gasteiger partial charge in [-0.25, -0.2) is 0 Å². The molecule has 0 amide bonds. The Hall–Kier alpha value is 0.250. The molecular weight excluding hydrogens is 122 g/mol. The zero-order chi connectivity index (χ0) is 4.85. The van der Waals surface area contributed by atoms with Gasteiger partial charge in [-0.1, -0.05) is 0 Å². The van der Waals surface area contributed by atoms with Crippen molar-refractivity contribution in [2.45, 2.75) is 25.3 Å². The van der Waals surface area contributed by atoms with Crippen molar-refractivity contribution in [1.29, 1.82) is 0 Å². The summed E-state index contributed by atoms with van der Waals surface area (Å²) in [5.74, 6) is 2.02. The van der Waals surface area contributed by atoms with Crippen LogP contribution in [-0.4, -0.2) is 6.04 Å². The van der Waals surface area contributed by atoms with Crippen LogP contribution in [0, 0.1) is 11.8 Å². The van der Waals surface area contributed by atoms with E-state index < -0.39 is 0 Å². The van der Waals surface area contributed by atoms with Crippen LogP contribution in [-0.2, 0) is 0 Å². The number of hydrogen-bond donors (Lipinski definition) is 1. The number of nitrogens with two attached hydrogens (primary N) is 1. The highest BCUT2D eigenvalue weighted by molar-refractivity contribution is 5.85. The third-order valence-electron chi connectivity index (χ3n) is 2.60. The molecular formula is C6H12ClN. The Labute approximate surface area is 56.0 Å². The van der Waals surface area contributed by atoms with Crippen LogP contribution < -0.4 is 5.73 Å². The van der Waals surface area contributed by atoms with Crippen LogP contribution in [0.3, 0.4) is 0 Å². The van der Waals surface area contributed by atoms with Gasteiger partial charge in [-0.15, -0.1) is 12.4 Å². The molecule has 2 aliphatic rings. The number of hydrogen-bond acceptors (Lipinski definition) is 1. The van der Waals surface area contributed by atoms with Crippen LogP contribution >= 0.6 is 12.4 Å². The van der Waals surface area contributed by atoms with E-state index in [-0.39, 0.29) is 12.4 Å². The highest BCUT2D eigenvalue weighted by Gasteiger charge is 2.44. The lowest BCUT2D eigenvalue weighted by Crippen LogP contribution is -2.53. The Morgan fingerprint density at radius 1 is 1.25 bits per heavy atom. The van der Waals surface area contributed by atoms with Crippen LogP contribution in [0.1, 0.15) is 19.3 Å². The molecule has 1 nitrogen and oxygen atoms in total. The molecule has 0 saturated heterocycles. The van der Waals surface area contributed by atoms with E-state index in [1.807, 2.05) is 0 Å². The molecule has 0 aliphatic heterocycles. The maximum Gasteiger partial charge on any atom is 0.00725 e. The summed E-state index contributed by atoms with van der Waals surface area (Å²) >= 11 is 0. The molecule has 0 spiro atoms. The molecule has 3 atom stereocenters. The fourth-order valence-corrected chi connectivity index (χ4v) is 1.78. The normalized spacial score (nSPS) is 49.9. The molecule has 2 aliphatic carbocycles. The predicted octanol–water partition coefficient (Wildman–Crippen LogP) is 1.17. The van der Waals surface area contributed by atoms with Gasteiger partial charge in [-0.3, -0.25) is 0 Å². The van der Waals surface area contributed by atoms with Gasteiger partial charge in [0.25, 0.3) is 0 Å². The smallest absolute Gasteiger partial charge is 0.00725 e. The molecule has 0 aromatic rings. The van der Waals surface area contributed by atoms with E-state index in [1.165, 1.54) is 19.3 Å². The molecule has 0 bridgehead atoms. The Bertz CT molecular complexity index is 90.5. The van der Waals surface area contributed by atoms with E-state index in [1.54, 1.807) is 0 Å². The quantitative estimate of drug-likeness (QED) is 0.528. The molecule has 2 rings (SSSR count). The van der Waals surface area contributed by atoms with Crippen molar-refractivity contribution >= 4 is 12.4 Å². The summed E-state index contributed by atoms with van der Waals surface area (Å²) < 4.78 is 0. The Balaban J connectivity index is 0.000000320. The van der Waals surface area contributed by atoms with Crippen molar-refractivity contribution in [3.63, 3.8) is 0 Å². The lowest BCUT2D eigenvalue weighted by molar-refractivity contribution is 0.0258. The second-order valence-corrected chi connectivity index (χ2v) is 2.90. The second kappa shape index (κ2) is 1.89. The number of halogens is 1. The summed E-state index contributed by atoms with van der Waals surface area (Å²) in [6, 6.07) is 0.596. The molecule has 8 heavy (non-hydrogen) atoms. The maximum absolute atomic E-state index is 5.66. The van der Waals surface area contributed by atoms with Crippen molar-refractivity contribution in [1.82, 2.24) is 0 Å². The summed E-state index contributed by atoms with van der Waals surface area (Å²) in [6.45, 7) is 0. The first-order valence-electron chi connectivity index (χ1n) is 3.13. The van der Waals surface area contributed by atoms with Gasteiger partial charge in [0.1, 0.15) is 0 Å². The van der Waals surface area contributed by atoms with Gasteiger partial charge in [0.2, 0.25) is 0 Å². The van der Waals surface area contributed by atoms with Gasteiger partial charge < -0.3 is 5.73 Å². The van der Waals surface area contributed by atoms with Crippen molar-refractivity contribution in [2.75, 3.05) is 0 Å². The zero-order valence-corrected chi connectivity index (χ0v) is 5.66. The fraction of sp³-hybridized carbons (Fsp3) is 1.00. The highest BCUT2D eigenvalue weighted by Crippen LogP contribution is 2.48. The molecule has 0 radical (unpaired) electrons. The van der Waals surface area contributed by atoms with E-state index >= 15 is 0 Å². The molecule has 0 heterocycles. The largest absolute Gasteiger partial charge is 0.327 e. The van der Waals surface area contributed by atoms with Gasteiger partial charge in [0.15, 0.2) is 0 Å². The van der Waals surface area contributed by atoms with Crippen LogP contribution in [0.4, 0.5) is 0 Å². The molecule has 0 aromatic heterocycles. The average molecular weight is 134 g/mol. The second-order valence-electron chi connectivity index (χ2n) is 2.90. The lowest BCUT2D eigenvalue weighted by Gasteiger charge is -2.51. The van der Waals surface area contributed by atoms with Crippen LogP contribution in [0.15, 0.2) is 0 Å². The van der Waals surface area contributed by atoms with Gasteiger partial charge >= 0.3 is 0 Å². The first kappa shape index (κ1) is 6.37. The third kappa shape index (κ3) is 0.579. The van der Waals surface area contributed by atoms with Gasteiger partial charge in [0.05, 0.1) is 0 Å². The average Bonchev–Trinajstić information content (AvgIpc) is 1.59. The summed E-state index contributed by atoms with van der Waals surface area (Å²) in [6.07, 6.45) is 4.22. The minimum absolute atomic E-state index is 0. The first-order valence-corrected chi connectivity index (χ1v) is 3.13. The number of rotatable bonds is 0. The predicted molar refractivity (Wildman–Crippen MR) is 36.1 cm³/mol. The maximum atomic E-state index is 5.66. The van der Waals surface area contributed by atoms with Gasteiger partial charge in [0, 0.05) is 6.04 Å². The minimum atomic E-state index is 0. The van der Waals surface area contributed by atoms with E-state index in [0.717, 1.165) is 11.8 Å². The molecule has 0 aromatic carbocycles. The molecule has 3 unspecified atom stereocenters. The van der Waals surface area contributed by atoms with E-state index in [9.17, 15) is 0 Å². The first-order chi connectivity index (χ1) is 3.38.